The first-order chi connectivity index (χ1) is 14.3. The minimum Gasteiger partial charge on any atom is -0.466 e. The third-order valence-electron chi connectivity index (χ3n) is 4.57. The number of hydrogen-bond acceptors (Lipinski definition) is 8. The van der Waals surface area contributed by atoms with Crippen molar-refractivity contribution in [3.8, 4) is 0 Å². The van der Waals surface area contributed by atoms with Gasteiger partial charge in [0.25, 0.3) is 0 Å². The first-order valence-corrected chi connectivity index (χ1v) is 11.1. The van der Waals surface area contributed by atoms with Crippen molar-refractivity contribution in [1.82, 2.24) is 4.31 Å². The van der Waals surface area contributed by atoms with Gasteiger partial charge in [-0.25, -0.2) is 18.0 Å². The van der Waals surface area contributed by atoms with Crippen LogP contribution in [0.1, 0.15) is 26.7 Å². The second kappa shape index (κ2) is 10.6. The number of methoxy groups -OCH3 is 2. The Bertz CT molecular complexity index is 888. The van der Waals surface area contributed by atoms with Crippen LogP contribution in [0.3, 0.4) is 0 Å². The summed E-state index contributed by atoms with van der Waals surface area (Å²) < 4.78 is 42.3. The molecule has 0 radical (unpaired) electrons. The lowest BCUT2D eigenvalue weighted by atomic mass is 10.1. The van der Waals surface area contributed by atoms with Crippen LogP contribution in [0.15, 0.2) is 40.4 Å². The summed E-state index contributed by atoms with van der Waals surface area (Å²) in [6.07, 6.45) is 1.43. The van der Waals surface area contributed by atoms with Gasteiger partial charge in [0.1, 0.15) is 12.4 Å². The second-order valence-electron chi connectivity index (χ2n) is 6.61. The molecule has 2 rings (SSSR count). The highest BCUT2D eigenvalue weighted by Gasteiger charge is 2.32. The predicted molar refractivity (Wildman–Crippen MR) is 110 cm³/mol. The first kappa shape index (κ1) is 23.8. The number of carbonyl (C=O) groups is 2. The molecule has 1 aromatic rings. The zero-order chi connectivity index (χ0) is 22.3. The predicted octanol–water partition coefficient (Wildman–Crippen LogP) is 1.89. The van der Waals surface area contributed by atoms with Gasteiger partial charge in [-0.15, -0.1) is 0 Å². The molecule has 0 unspecified atom stereocenters. The third kappa shape index (κ3) is 5.00. The zero-order valence-corrected chi connectivity index (χ0v) is 18.5. The number of rotatable bonds is 9. The van der Waals surface area contributed by atoms with Crippen molar-refractivity contribution >= 4 is 27.6 Å². The average molecular weight is 441 g/mol. The highest BCUT2D eigenvalue weighted by molar-refractivity contribution is 7.89. The van der Waals surface area contributed by atoms with E-state index in [0.717, 1.165) is 0 Å². The van der Waals surface area contributed by atoms with Gasteiger partial charge in [0, 0.05) is 18.8 Å². The Hall–Kier alpha value is -2.43. The number of anilines is 1. The quantitative estimate of drug-likeness (QED) is 0.537. The molecule has 1 aliphatic rings. The van der Waals surface area contributed by atoms with E-state index >= 15 is 0 Å². The molecule has 0 bridgehead atoms. The summed E-state index contributed by atoms with van der Waals surface area (Å²) in [5.74, 6) is -1.42. The maximum Gasteiger partial charge on any atom is 0.355 e. The van der Waals surface area contributed by atoms with Crippen LogP contribution in [-0.2, 0) is 33.8 Å². The molecule has 166 valence electrons. The molecule has 0 saturated heterocycles. The monoisotopic (exact) mass is 440 g/mol. The number of nitrogens with zero attached hydrogens (tertiary/aromatic N) is 2. The SMILES string of the molecule is CCCN(CCC)S(=O)(=O)c1ccc(N2COCC(C(=O)OC)=C2C(=O)OC)cc1. The van der Waals surface area contributed by atoms with Gasteiger partial charge >= 0.3 is 11.9 Å². The van der Waals surface area contributed by atoms with Crippen LogP contribution in [0.5, 0.6) is 0 Å². The standard InChI is InChI=1S/C20H28N2O7S/c1-5-11-21(12-6-2)30(25,26)16-9-7-15(8-10-16)22-14-29-13-17(19(23)27-3)18(22)20(24)28-4/h7-10H,5-6,11-14H2,1-4H3. The average Bonchev–Trinajstić information content (AvgIpc) is 2.77. The lowest BCUT2D eigenvalue weighted by molar-refractivity contribution is -0.140. The summed E-state index contributed by atoms with van der Waals surface area (Å²) in [5, 5.41) is 0. The van der Waals surface area contributed by atoms with Crippen molar-refractivity contribution < 1.29 is 32.2 Å². The molecular weight excluding hydrogens is 412 g/mol. The fourth-order valence-electron chi connectivity index (χ4n) is 3.15. The summed E-state index contributed by atoms with van der Waals surface area (Å²) in [4.78, 5) is 26.0. The maximum absolute atomic E-state index is 12.9. The third-order valence-corrected chi connectivity index (χ3v) is 6.48. The summed E-state index contributed by atoms with van der Waals surface area (Å²) in [7, 11) is -1.21. The van der Waals surface area contributed by atoms with Gasteiger partial charge in [-0.3, -0.25) is 0 Å². The van der Waals surface area contributed by atoms with E-state index in [1.54, 1.807) is 12.1 Å². The van der Waals surface area contributed by atoms with Crippen LogP contribution in [0.2, 0.25) is 0 Å². The van der Waals surface area contributed by atoms with Crippen molar-refractivity contribution in [2.24, 2.45) is 0 Å². The van der Waals surface area contributed by atoms with Crippen LogP contribution >= 0.6 is 0 Å². The molecule has 1 aliphatic heterocycles. The molecular formula is C20H28N2O7S. The number of hydrogen-bond donors (Lipinski definition) is 0. The molecule has 10 heteroatoms. The van der Waals surface area contributed by atoms with Crippen LogP contribution in [0.25, 0.3) is 0 Å². The molecule has 30 heavy (non-hydrogen) atoms. The molecule has 1 heterocycles. The highest BCUT2D eigenvalue weighted by atomic mass is 32.2. The van der Waals surface area contributed by atoms with Crippen molar-refractivity contribution in [3.05, 3.63) is 35.5 Å². The Morgan fingerprint density at radius 1 is 1.03 bits per heavy atom. The van der Waals surface area contributed by atoms with Gasteiger partial charge in [0.15, 0.2) is 0 Å². The van der Waals surface area contributed by atoms with Crippen molar-refractivity contribution in [1.29, 1.82) is 0 Å². The Balaban J connectivity index is 2.43. The number of benzene rings is 1. The zero-order valence-electron chi connectivity index (χ0n) is 17.7. The van der Waals surface area contributed by atoms with E-state index in [-0.39, 0.29) is 29.5 Å². The number of ether oxygens (including phenoxy) is 3. The summed E-state index contributed by atoms with van der Waals surface area (Å²) in [6, 6.07) is 6.08. The fourth-order valence-corrected chi connectivity index (χ4v) is 4.77. The van der Waals surface area contributed by atoms with Crippen molar-refractivity contribution in [2.75, 3.05) is 45.5 Å². The molecule has 0 fully saturated rings. The highest BCUT2D eigenvalue weighted by Crippen LogP contribution is 2.28. The summed E-state index contributed by atoms with van der Waals surface area (Å²) >= 11 is 0. The Kier molecular flexibility index (Phi) is 8.39. The largest absolute Gasteiger partial charge is 0.466 e. The summed E-state index contributed by atoms with van der Waals surface area (Å²) in [6.45, 7) is 4.64. The van der Waals surface area contributed by atoms with E-state index in [1.165, 1.54) is 35.6 Å². The Morgan fingerprint density at radius 3 is 2.10 bits per heavy atom. The van der Waals surface area contributed by atoms with E-state index in [2.05, 4.69) is 0 Å². The lowest BCUT2D eigenvalue weighted by Gasteiger charge is -2.31. The Morgan fingerprint density at radius 2 is 1.60 bits per heavy atom. The minimum absolute atomic E-state index is 0.00444. The van der Waals surface area contributed by atoms with E-state index in [4.69, 9.17) is 14.2 Å². The molecule has 0 saturated carbocycles. The van der Waals surface area contributed by atoms with Crippen LogP contribution < -0.4 is 4.90 Å². The van der Waals surface area contributed by atoms with Crippen molar-refractivity contribution in [2.45, 2.75) is 31.6 Å². The molecule has 1 aromatic carbocycles. The van der Waals surface area contributed by atoms with E-state index in [1.807, 2.05) is 13.8 Å². The van der Waals surface area contributed by atoms with Gasteiger partial charge in [-0.05, 0) is 37.1 Å². The molecule has 0 amide bonds. The van der Waals surface area contributed by atoms with Crippen LogP contribution in [0, 0.1) is 0 Å². The maximum atomic E-state index is 12.9. The molecule has 0 aromatic heterocycles. The normalized spacial score (nSPS) is 14.8. The number of esters is 2. The first-order valence-electron chi connectivity index (χ1n) is 9.67. The van der Waals surface area contributed by atoms with Gasteiger partial charge in [-0.2, -0.15) is 4.31 Å². The van der Waals surface area contributed by atoms with Gasteiger partial charge in [-0.1, -0.05) is 13.8 Å². The van der Waals surface area contributed by atoms with E-state index < -0.39 is 22.0 Å². The van der Waals surface area contributed by atoms with Crippen LogP contribution in [0.4, 0.5) is 5.69 Å². The number of sulfonamides is 1. The van der Waals surface area contributed by atoms with E-state index in [0.29, 0.717) is 31.6 Å². The summed E-state index contributed by atoms with van der Waals surface area (Å²) in [5.41, 5.74) is 0.516. The molecule has 0 atom stereocenters. The minimum atomic E-state index is -3.63. The Labute approximate surface area is 177 Å². The molecule has 9 nitrogen and oxygen atoms in total. The number of carbonyl (C=O) groups excluding carboxylic acids is 2. The van der Waals surface area contributed by atoms with Gasteiger partial charge in [0.2, 0.25) is 10.0 Å². The van der Waals surface area contributed by atoms with Gasteiger partial charge < -0.3 is 19.1 Å². The van der Waals surface area contributed by atoms with Crippen LogP contribution in [-0.4, -0.2) is 65.3 Å². The smallest absolute Gasteiger partial charge is 0.355 e. The molecule has 0 N–H and O–H groups in total. The lowest BCUT2D eigenvalue weighted by Crippen LogP contribution is -2.38. The molecule has 0 aliphatic carbocycles. The van der Waals surface area contributed by atoms with E-state index in [9.17, 15) is 18.0 Å². The second-order valence-corrected chi connectivity index (χ2v) is 8.55. The molecule has 0 spiro atoms. The van der Waals surface area contributed by atoms with Crippen molar-refractivity contribution in [3.63, 3.8) is 0 Å². The fraction of sp³-hybridized carbons (Fsp3) is 0.500. The topological polar surface area (TPSA) is 102 Å². The van der Waals surface area contributed by atoms with Gasteiger partial charge in [0.05, 0.1) is 31.3 Å².